The van der Waals surface area contributed by atoms with Crippen LogP contribution in [0.15, 0.2) is 79.1 Å². The highest BCUT2D eigenvalue weighted by molar-refractivity contribution is 6.10. The molecule has 1 aliphatic rings. The Hall–Kier alpha value is -3.73. The highest BCUT2D eigenvalue weighted by atomic mass is 16.2. The highest BCUT2D eigenvalue weighted by Crippen LogP contribution is 2.29. The first-order chi connectivity index (χ1) is 13.7. The Morgan fingerprint density at radius 1 is 0.857 bits per heavy atom. The summed E-state index contributed by atoms with van der Waals surface area (Å²) in [6, 6.07) is 20.4. The fourth-order valence-electron chi connectivity index (χ4n) is 3.72. The third kappa shape index (κ3) is 2.60. The summed E-state index contributed by atoms with van der Waals surface area (Å²) in [5.74, 6) is -0.164. The Morgan fingerprint density at radius 3 is 2.46 bits per heavy atom. The lowest BCUT2D eigenvalue weighted by Gasteiger charge is -2.17. The molecule has 136 valence electrons. The lowest BCUT2D eigenvalue weighted by molar-refractivity contribution is 0.0986. The molecule has 0 radical (unpaired) electrons. The molecule has 0 spiro atoms. The zero-order chi connectivity index (χ0) is 19.1. The molecule has 5 nitrogen and oxygen atoms in total. The standard InChI is InChI=1S/C23H17N3O2/c27-22(20-15-24-21-7-3-4-13-25(20)21)17-8-10-18(11-9-17)23(28)26-14-12-16-5-1-2-6-19(16)26/h1-11,13,15H,12,14H2. The molecule has 0 unspecified atom stereocenters. The SMILES string of the molecule is O=C(c1ccc(C(=O)N2CCc3ccccc32)cc1)c1cnc2ccccn12. The summed E-state index contributed by atoms with van der Waals surface area (Å²) in [7, 11) is 0. The van der Waals surface area contributed by atoms with Crippen molar-refractivity contribution in [2.45, 2.75) is 6.42 Å². The van der Waals surface area contributed by atoms with Crippen LogP contribution in [0.3, 0.4) is 0 Å². The molecule has 0 bridgehead atoms. The van der Waals surface area contributed by atoms with Gasteiger partial charge in [0.2, 0.25) is 5.78 Å². The average molecular weight is 367 g/mol. The third-order valence-corrected chi connectivity index (χ3v) is 5.18. The van der Waals surface area contributed by atoms with E-state index < -0.39 is 0 Å². The number of anilines is 1. The minimum absolute atomic E-state index is 0.0428. The van der Waals surface area contributed by atoms with Crippen molar-refractivity contribution in [3.63, 3.8) is 0 Å². The molecule has 1 amide bonds. The number of fused-ring (bicyclic) bond motifs is 2. The fourth-order valence-corrected chi connectivity index (χ4v) is 3.72. The maximum Gasteiger partial charge on any atom is 0.258 e. The Labute approximate surface area is 161 Å². The molecule has 4 aromatic rings. The number of benzene rings is 2. The van der Waals surface area contributed by atoms with Crippen LogP contribution in [0, 0.1) is 0 Å². The Bertz CT molecular complexity index is 1210. The van der Waals surface area contributed by atoms with E-state index in [1.165, 1.54) is 5.56 Å². The molecule has 0 atom stereocenters. The molecule has 3 heterocycles. The van der Waals surface area contributed by atoms with Crippen LogP contribution >= 0.6 is 0 Å². The van der Waals surface area contributed by atoms with Crippen molar-refractivity contribution in [2.24, 2.45) is 0 Å². The maximum absolute atomic E-state index is 12.9. The van der Waals surface area contributed by atoms with Crippen molar-refractivity contribution in [1.29, 1.82) is 0 Å². The first-order valence-corrected chi connectivity index (χ1v) is 9.19. The van der Waals surface area contributed by atoms with Gasteiger partial charge in [0.15, 0.2) is 0 Å². The molecule has 0 aliphatic carbocycles. The van der Waals surface area contributed by atoms with Gasteiger partial charge in [-0.05, 0) is 42.3 Å². The maximum atomic E-state index is 12.9. The normalized spacial score (nSPS) is 12.9. The number of rotatable bonds is 3. The van der Waals surface area contributed by atoms with Crippen LogP contribution in [0.1, 0.15) is 32.0 Å². The molecule has 2 aromatic carbocycles. The molecule has 28 heavy (non-hydrogen) atoms. The topological polar surface area (TPSA) is 54.7 Å². The summed E-state index contributed by atoms with van der Waals surface area (Å²) in [4.78, 5) is 31.9. The second kappa shape index (κ2) is 6.46. The van der Waals surface area contributed by atoms with Crippen LogP contribution in [0.25, 0.3) is 5.65 Å². The summed E-state index contributed by atoms with van der Waals surface area (Å²) >= 11 is 0. The third-order valence-electron chi connectivity index (χ3n) is 5.18. The predicted molar refractivity (Wildman–Crippen MR) is 107 cm³/mol. The van der Waals surface area contributed by atoms with Crippen LogP contribution in [0.4, 0.5) is 5.69 Å². The number of nitrogens with zero attached hydrogens (tertiary/aromatic N) is 3. The number of imidazole rings is 1. The molecule has 0 saturated heterocycles. The molecular weight excluding hydrogens is 350 g/mol. The van der Waals surface area contributed by atoms with Crippen LogP contribution in [-0.4, -0.2) is 27.6 Å². The van der Waals surface area contributed by atoms with Gasteiger partial charge in [-0.2, -0.15) is 0 Å². The number of carbonyl (C=O) groups excluding carboxylic acids is 2. The van der Waals surface area contributed by atoms with Gasteiger partial charge < -0.3 is 4.90 Å². The number of amides is 1. The fraction of sp³-hybridized carbons (Fsp3) is 0.0870. The summed E-state index contributed by atoms with van der Waals surface area (Å²) in [5, 5.41) is 0. The lowest BCUT2D eigenvalue weighted by Crippen LogP contribution is -2.28. The number of ketones is 1. The number of carbonyl (C=O) groups is 2. The van der Waals surface area contributed by atoms with E-state index in [1.54, 1.807) is 39.8 Å². The number of pyridine rings is 1. The molecule has 1 aliphatic heterocycles. The van der Waals surface area contributed by atoms with Gasteiger partial charge in [0, 0.05) is 29.6 Å². The van der Waals surface area contributed by atoms with Crippen molar-refractivity contribution in [3.05, 3.63) is 102 Å². The van der Waals surface area contributed by atoms with Crippen molar-refractivity contribution >= 4 is 23.0 Å². The van der Waals surface area contributed by atoms with Crippen molar-refractivity contribution in [3.8, 4) is 0 Å². The summed E-state index contributed by atoms with van der Waals surface area (Å²) < 4.78 is 1.77. The summed E-state index contributed by atoms with van der Waals surface area (Å²) in [6.45, 7) is 0.681. The smallest absolute Gasteiger partial charge is 0.258 e. The number of para-hydroxylation sites is 1. The van der Waals surface area contributed by atoms with E-state index in [0.717, 1.165) is 17.8 Å². The zero-order valence-electron chi connectivity index (χ0n) is 15.1. The molecule has 2 aromatic heterocycles. The van der Waals surface area contributed by atoms with E-state index in [0.29, 0.717) is 23.4 Å². The van der Waals surface area contributed by atoms with E-state index in [9.17, 15) is 9.59 Å². The van der Waals surface area contributed by atoms with E-state index in [2.05, 4.69) is 11.1 Å². The predicted octanol–water partition coefficient (Wildman–Crippen LogP) is 3.77. The Balaban J connectivity index is 1.42. The minimum atomic E-state index is -0.121. The first-order valence-electron chi connectivity index (χ1n) is 9.19. The highest BCUT2D eigenvalue weighted by Gasteiger charge is 2.25. The average Bonchev–Trinajstić information content (AvgIpc) is 3.37. The van der Waals surface area contributed by atoms with Gasteiger partial charge in [-0.3, -0.25) is 14.0 Å². The number of hydrogen-bond acceptors (Lipinski definition) is 3. The van der Waals surface area contributed by atoms with E-state index in [-0.39, 0.29) is 11.7 Å². The Morgan fingerprint density at radius 2 is 1.61 bits per heavy atom. The molecule has 5 rings (SSSR count). The lowest BCUT2D eigenvalue weighted by atomic mass is 10.1. The van der Waals surface area contributed by atoms with Crippen LogP contribution in [0.2, 0.25) is 0 Å². The Kier molecular flexibility index (Phi) is 3.79. The molecular formula is C23H17N3O2. The van der Waals surface area contributed by atoms with Gasteiger partial charge in [0.1, 0.15) is 11.3 Å². The van der Waals surface area contributed by atoms with E-state index in [1.807, 2.05) is 42.6 Å². The summed E-state index contributed by atoms with van der Waals surface area (Å²) in [6.07, 6.45) is 4.27. The largest absolute Gasteiger partial charge is 0.308 e. The zero-order valence-corrected chi connectivity index (χ0v) is 15.1. The van der Waals surface area contributed by atoms with Crippen molar-refractivity contribution in [2.75, 3.05) is 11.4 Å². The molecule has 0 N–H and O–H groups in total. The second-order valence-electron chi connectivity index (χ2n) is 6.81. The molecule has 0 saturated carbocycles. The summed E-state index contributed by atoms with van der Waals surface area (Å²) in [5.41, 5.74) is 4.50. The number of hydrogen-bond donors (Lipinski definition) is 0. The van der Waals surface area contributed by atoms with E-state index >= 15 is 0 Å². The van der Waals surface area contributed by atoms with Gasteiger partial charge in [-0.1, -0.05) is 36.4 Å². The minimum Gasteiger partial charge on any atom is -0.308 e. The van der Waals surface area contributed by atoms with Gasteiger partial charge >= 0.3 is 0 Å². The van der Waals surface area contributed by atoms with Crippen molar-refractivity contribution < 1.29 is 9.59 Å². The van der Waals surface area contributed by atoms with Gasteiger partial charge in [0.05, 0.1) is 6.20 Å². The van der Waals surface area contributed by atoms with Crippen LogP contribution < -0.4 is 4.90 Å². The molecule has 5 heteroatoms. The van der Waals surface area contributed by atoms with Crippen molar-refractivity contribution in [1.82, 2.24) is 9.38 Å². The first kappa shape index (κ1) is 16.4. The molecule has 0 fully saturated rings. The monoisotopic (exact) mass is 367 g/mol. The van der Waals surface area contributed by atoms with E-state index in [4.69, 9.17) is 0 Å². The van der Waals surface area contributed by atoms with Gasteiger partial charge in [-0.15, -0.1) is 0 Å². The van der Waals surface area contributed by atoms with Crippen LogP contribution in [0.5, 0.6) is 0 Å². The number of aromatic nitrogens is 2. The van der Waals surface area contributed by atoms with Gasteiger partial charge in [-0.25, -0.2) is 4.98 Å². The van der Waals surface area contributed by atoms with Crippen LogP contribution in [-0.2, 0) is 6.42 Å². The van der Waals surface area contributed by atoms with Gasteiger partial charge in [0.25, 0.3) is 5.91 Å². The quantitative estimate of drug-likeness (QED) is 0.518. The second-order valence-corrected chi connectivity index (χ2v) is 6.81.